The fraction of sp³-hybridized carbons (Fsp3) is 0.333. The normalized spacial score (nSPS) is 11.7. The third-order valence-corrected chi connectivity index (χ3v) is 4.43. The van der Waals surface area contributed by atoms with Crippen molar-refractivity contribution in [3.05, 3.63) is 71.0 Å². The number of benzene rings is 2. The molecule has 0 fully saturated rings. The third-order valence-electron chi connectivity index (χ3n) is 4.43. The van der Waals surface area contributed by atoms with Gasteiger partial charge in [0.1, 0.15) is 11.9 Å². The molecule has 2 aromatic carbocycles. The van der Waals surface area contributed by atoms with Gasteiger partial charge in [-0.25, -0.2) is 4.39 Å². The molecule has 2 aromatic rings. The molecule has 5 nitrogen and oxygen atoms in total. The van der Waals surface area contributed by atoms with Crippen LogP contribution in [0.15, 0.2) is 48.5 Å². The van der Waals surface area contributed by atoms with E-state index in [1.165, 1.54) is 22.6 Å². The van der Waals surface area contributed by atoms with E-state index in [1.807, 2.05) is 35.6 Å². The second-order valence-corrected chi connectivity index (χ2v) is 6.63. The van der Waals surface area contributed by atoms with E-state index in [-0.39, 0.29) is 36.8 Å². The molecule has 0 aliphatic heterocycles. The SMILES string of the molecule is CCc1ccc([C@H]([NH2+]CC(=O)NCC(=O)N(C)C)c2cccc(F)c2)cc1. The van der Waals surface area contributed by atoms with E-state index in [2.05, 4.69) is 12.2 Å². The number of amides is 2. The quantitative estimate of drug-likeness (QED) is 0.732. The van der Waals surface area contributed by atoms with E-state index in [4.69, 9.17) is 0 Å². The van der Waals surface area contributed by atoms with Gasteiger partial charge in [-0.1, -0.05) is 43.3 Å². The lowest BCUT2D eigenvalue weighted by molar-refractivity contribution is -0.676. The van der Waals surface area contributed by atoms with Crippen LogP contribution in [0.4, 0.5) is 4.39 Å². The number of aryl methyl sites for hydroxylation is 1. The molecule has 0 saturated carbocycles. The summed E-state index contributed by atoms with van der Waals surface area (Å²) < 4.78 is 13.7. The molecule has 0 saturated heterocycles. The smallest absolute Gasteiger partial charge is 0.275 e. The summed E-state index contributed by atoms with van der Waals surface area (Å²) in [5.74, 6) is -0.714. The summed E-state index contributed by atoms with van der Waals surface area (Å²) >= 11 is 0. The molecule has 0 radical (unpaired) electrons. The van der Waals surface area contributed by atoms with E-state index in [1.54, 1.807) is 20.2 Å². The van der Waals surface area contributed by atoms with Crippen LogP contribution in [0.5, 0.6) is 0 Å². The molecule has 0 aliphatic carbocycles. The Morgan fingerprint density at radius 1 is 1.11 bits per heavy atom. The molecule has 27 heavy (non-hydrogen) atoms. The van der Waals surface area contributed by atoms with Gasteiger partial charge in [-0.05, 0) is 24.1 Å². The highest BCUT2D eigenvalue weighted by Gasteiger charge is 2.20. The molecule has 0 heterocycles. The number of nitrogens with zero attached hydrogens (tertiary/aromatic N) is 1. The fourth-order valence-electron chi connectivity index (χ4n) is 2.75. The third kappa shape index (κ3) is 6.18. The first-order chi connectivity index (χ1) is 12.9. The molecule has 0 aromatic heterocycles. The van der Waals surface area contributed by atoms with Crippen molar-refractivity contribution in [2.75, 3.05) is 27.2 Å². The summed E-state index contributed by atoms with van der Waals surface area (Å²) in [5, 5.41) is 4.47. The number of hydrogen-bond acceptors (Lipinski definition) is 2. The predicted molar refractivity (Wildman–Crippen MR) is 103 cm³/mol. The molecule has 0 unspecified atom stereocenters. The van der Waals surface area contributed by atoms with Crippen LogP contribution in [-0.4, -0.2) is 43.9 Å². The van der Waals surface area contributed by atoms with Gasteiger partial charge in [-0.2, -0.15) is 0 Å². The van der Waals surface area contributed by atoms with Gasteiger partial charge in [0.2, 0.25) is 5.91 Å². The number of quaternary nitrogens is 1. The lowest BCUT2D eigenvalue weighted by atomic mass is 9.97. The van der Waals surface area contributed by atoms with Crippen LogP contribution in [0.2, 0.25) is 0 Å². The first-order valence-electron chi connectivity index (χ1n) is 9.05. The summed E-state index contributed by atoms with van der Waals surface area (Å²) in [5.41, 5.74) is 3.00. The van der Waals surface area contributed by atoms with Crippen molar-refractivity contribution in [2.24, 2.45) is 0 Å². The van der Waals surface area contributed by atoms with Gasteiger partial charge < -0.3 is 15.5 Å². The first-order valence-corrected chi connectivity index (χ1v) is 9.05. The van der Waals surface area contributed by atoms with Crippen molar-refractivity contribution in [2.45, 2.75) is 19.4 Å². The molecular weight excluding hydrogens is 345 g/mol. The number of halogens is 1. The zero-order valence-electron chi connectivity index (χ0n) is 16.0. The molecule has 2 amide bonds. The lowest BCUT2D eigenvalue weighted by Gasteiger charge is -2.17. The van der Waals surface area contributed by atoms with Crippen molar-refractivity contribution >= 4 is 11.8 Å². The second-order valence-electron chi connectivity index (χ2n) is 6.63. The lowest BCUT2D eigenvalue weighted by Crippen LogP contribution is -2.87. The van der Waals surface area contributed by atoms with E-state index < -0.39 is 0 Å². The zero-order valence-corrected chi connectivity index (χ0v) is 16.0. The Balaban J connectivity index is 2.10. The number of likely N-dealkylation sites (N-methyl/N-ethyl adjacent to an activating group) is 1. The van der Waals surface area contributed by atoms with Gasteiger partial charge in [0.15, 0.2) is 6.54 Å². The van der Waals surface area contributed by atoms with Crippen LogP contribution < -0.4 is 10.6 Å². The van der Waals surface area contributed by atoms with Crippen LogP contribution >= 0.6 is 0 Å². The predicted octanol–water partition coefficient (Wildman–Crippen LogP) is 1.25. The van der Waals surface area contributed by atoms with Crippen LogP contribution in [0.25, 0.3) is 0 Å². The average Bonchev–Trinajstić information content (AvgIpc) is 2.66. The number of carbonyl (C=O) groups excluding carboxylic acids is 2. The minimum absolute atomic E-state index is 0.0322. The maximum atomic E-state index is 13.7. The van der Waals surface area contributed by atoms with Crippen molar-refractivity contribution < 1.29 is 19.3 Å². The van der Waals surface area contributed by atoms with Gasteiger partial charge in [0.25, 0.3) is 5.91 Å². The molecule has 1 atom stereocenters. The van der Waals surface area contributed by atoms with E-state index in [0.717, 1.165) is 17.5 Å². The molecule has 6 heteroatoms. The minimum atomic E-state index is -0.308. The fourth-order valence-corrected chi connectivity index (χ4v) is 2.75. The minimum Gasteiger partial charge on any atom is -0.347 e. The molecule has 2 rings (SSSR count). The maximum absolute atomic E-state index is 13.7. The van der Waals surface area contributed by atoms with E-state index in [9.17, 15) is 14.0 Å². The first kappa shape index (κ1) is 20.6. The summed E-state index contributed by atoms with van der Waals surface area (Å²) in [4.78, 5) is 25.1. The Bertz CT molecular complexity index is 775. The average molecular weight is 372 g/mol. The number of nitrogens with one attached hydrogen (secondary N) is 1. The van der Waals surface area contributed by atoms with Gasteiger partial charge in [0.05, 0.1) is 6.54 Å². The summed E-state index contributed by atoms with van der Waals surface area (Å²) in [6.45, 7) is 2.19. The molecule has 0 spiro atoms. The second kappa shape index (κ2) is 9.83. The van der Waals surface area contributed by atoms with Crippen molar-refractivity contribution in [3.63, 3.8) is 0 Å². The Labute approximate surface area is 159 Å². The van der Waals surface area contributed by atoms with Gasteiger partial charge in [0, 0.05) is 25.2 Å². The topological polar surface area (TPSA) is 66.0 Å². The Morgan fingerprint density at radius 2 is 1.81 bits per heavy atom. The number of rotatable bonds is 8. The van der Waals surface area contributed by atoms with Gasteiger partial charge >= 0.3 is 0 Å². The molecule has 3 N–H and O–H groups in total. The van der Waals surface area contributed by atoms with Crippen LogP contribution in [-0.2, 0) is 16.0 Å². The van der Waals surface area contributed by atoms with E-state index >= 15 is 0 Å². The number of hydrogen-bond donors (Lipinski definition) is 2. The largest absolute Gasteiger partial charge is 0.347 e. The molecule has 0 aliphatic rings. The Kier molecular flexibility index (Phi) is 7.49. The standard InChI is InChI=1S/C21H26FN3O2/c1-4-15-8-10-16(11-9-15)21(17-6-5-7-18(22)12-17)24-13-19(26)23-14-20(27)25(2)3/h5-12,21,24H,4,13-14H2,1-3H3,(H,23,26)/p+1/t21-/m0/s1. The summed E-state index contributed by atoms with van der Waals surface area (Å²) in [6, 6.07) is 14.3. The van der Waals surface area contributed by atoms with Gasteiger partial charge in [-0.15, -0.1) is 0 Å². The van der Waals surface area contributed by atoms with Crippen molar-refractivity contribution in [1.29, 1.82) is 0 Å². The van der Waals surface area contributed by atoms with Crippen LogP contribution in [0, 0.1) is 5.82 Å². The Hall–Kier alpha value is -2.73. The monoisotopic (exact) mass is 372 g/mol. The molecule has 0 bridgehead atoms. The number of carbonyl (C=O) groups is 2. The van der Waals surface area contributed by atoms with Crippen LogP contribution in [0.1, 0.15) is 29.7 Å². The van der Waals surface area contributed by atoms with E-state index in [0.29, 0.717) is 0 Å². The Morgan fingerprint density at radius 3 is 2.41 bits per heavy atom. The van der Waals surface area contributed by atoms with Gasteiger partial charge in [-0.3, -0.25) is 9.59 Å². The molecule has 144 valence electrons. The highest BCUT2D eigenvalue weighted by Crippen LogP contribution is 2.20. The summed E-state index contributed by atoms with van der Waals surface area (Å²) in [6.07, 6.45) is 0.941. The highest BCUT2D eigenvalue weighted by molar-refractivity contribution is 5.84. The highest BCUT2D eigenvalue weighted by atomic mass is 19.1. The molecular formula is C21H27FN3O2+. The van der Waals surface area contributed by atoms with Crippen molar-refractivity contribution in [3.8, 4) is 0 Å². The van der Waals surface area contributed by atoms with Crippen molar-refractivity contribution in [1.82, 2.24) is 10.2 Å². The zero-order chi connectivity index (χ0) is 19.8. The number of nitrogens with two attached hydrogens (primary N) is 1. The van der Waals surface area contributed by atoms with Crippen LogP contribution in [0.3, 0.4) is 0 Å². The maximum Gasteiger partial charge on any atom is 0.275 e. The summed E-state index contributed by atoms with van der Waals surface area (Å²) in [7, 11) is 3.28.